The molecule has 5 nitrogen and oxygen atoms in total. The van der Waals surface area contributed by atoms with E-state index in [1.54, 1.807) is 24.3 Å². The molecule has 0 unspecified atom stereocenters. The third-order valence-electron chi connectivity index (χ3n) is 2.14. The smallest absolute Gasteiger partial charge is 0.328 e. The number of rotatable bonds is 6. The Hall–Kier alpha value is -2.14. The number of aliphatic carboxylic acids is 1. The number of benzene rings is 1. The Labute approximate surface area is 111 Å². The molecule has 0 spiro atoms. The van der Waals surface area contributed by atoms with Crippen molar-refractivity contribution in [3.8, 4) is 0 Å². The molecule has 19 heavy (non-hydrogen) atoms. The van der Waals surface area contributed by atoms with Crippen LogP contribution in [-0.2, 0) is 14.3 Å². The van der Waals surface area contributed by atoms with Crippen molar-refractivity contribution in [3.63, 3.8) is 0 Å². The van der Waals surface area contributed by atoms with E-state index in [0.29, 0.717) is 11.3 Å². The molecule has 1 aromatic carbocycles. The third kappa shape index (κ3) is 6.38. The van der Waals surface area contributed by atoms with E-state index < -0.39 is 5.97 Å². The lowest BCUT2D eigenvalue weighted by Gasteiger charge is -2.08. The Kier molecular flexibility index (Phi) is 5.75. The van der Waals surface area contributed by atoms with Gasteiger partial charge in [0.25, 0.3) is 0 Å². The molecular formula is C14H17NO4. The van der Waals surface area contributed by atoms with Gasteiger partial charge in [-0.15, -0.1) is 0 Å². The summed E-state index contributed by atoms with van der Waals surface area (Å²) in [6, 6.07) is 6.90. The second kappa shape index (κ2) is 7.33. The number of carbonyl (C=O) groups excluding carboxylic acids is 1. The maximum Gasteiger partial charge on any atom is 0.328 e. The predicted octanol–water partition coefficient (Wildman–Crippen LogP) is 2.15. The lowest BCUT2D eigenvalue weighted by Crippen LogP contribution is -2.20. The number of anilines is 1. The molecular weight excluding hydrogens is 246 g/mol. The van der Waals surface area contributed by atoms with Gasteiger partial charge in [-0.2, -0.15) is 0 Å². The van der Waals surface area contributed by atoms with Crippen molar-refractivity contribution in [2.45, 2.75) is 20.0 Å². The number of carboxylic acids is 1. The minimum Gasteiger partial charge on any atom is -0.478 e. The molecule has 1 aromatic rings. The third-order valence-corrected chi connectivity index (χ3v) is 2.14. The van der Waals surface area contributed by atoms with Gasteiger partial charge in [-0.1, -0.05) is 12.1 Å². The van der Waals surface area contributed by atoms with Gasteiger partial charge in [0.05, 0.1) is 6.10 Å². The number of nitrogens with one attached hydrogen (secondary N) is 1. The van der Waals surface area contributed by atoms with Crippen molar-refractivity contribution < 1.29 is 19.4 Å². The number of amides is 1. The molecule has 102 valence electrons. The van der Waals surface area contributed by atoms with Gasteiger partial charge in [0.1, 0.15) is 6.61 Å². The van der Waals surface area contributed by atoms with Crippen LogP contribution in [0.5, 0.6) is 0 Å². The van der Waals surface area contributed by atoms with Crippen molar-refractivity contribution in [1.82, 2.24) is 0 Å². The van der Waals surface area contributed by atoms with Crippen LogP contribution in [0, 0.1) is 0 Å². The van der Waals surface area contributed by atoms with Crippen LogP contribution in [-0.4, -0.2) is 29.7 Å². The molecule has 5 heteroatoms. The fraction of sp³-hybridized carbons (Fsp3) is 0.286. The first-order valence-corrected chi connectivity index (χ1v) is 5.90. The fourth-order valence-corrected chi connectivity index (χ4v) is 1.33. The summed E-state index contributed by atoms with van der Waals surface area (Å²) in [4.78, 5) is 22.0. The van der Waals surface area contributed by atoms with Gasteiger partial charge in [-0.05, 0) is 37.6 Å². The first-order chi connectivity index (χ1) is 8.97. The van der Waals surface area contributed by atoms with E-state index in [1.165, 1.54) is 6.08 Å². The minimum atomic E-state index is -1.01. The summed E-state index contributed by atoms with van der Waals surface area (Å²) in [7, 11) is 0. The van der Waals surface area contributed by atoms with E-state index in [-0.39, 0.29) is 18.6 Å². The average Bonchev–Trinajstić information content (AvgIpc) is 2.34. The van der Waals surface area contributed by atoms with Gasteiger partial charge < -0.3 is 15.2 Å². The first-order valence-electron chi connectivity index (χ1n) is 5.90. The van der Waals surface area contributed by atoms with Gasteiger partial charge in [0, 0.05) is 11.8 Å². The zero-order chi connectivity index (χ0) is 14.3. The summed E-state index contributed by atoms with van der Waals surface area (Å²) in [5.41, 5.74) is 1.30. The zero-order valence-electron chi connectivity index (χ0n) is 10.9. The summed E-state index contributed by atoms with van der Waals surface area (Å²) >= 11 is 0. The Bertz CT molecular complexity index is 480. The standard InChI is InChI=1S/C14H17NO4/c1-10(2)19-9-13(16)15-12-5-3-4-11(8-12)6-7-14(17)18/h3-8,10H,9H2,1-2H3,(H,15,16)(H,17,18)/b7-6+. The van der Waals surface area contributed by atoms with Crippen LogP contribution in [0.15, 0.2) is 30.3 Å². The Morgan fingerprint density at radius 2 is 2.16 bits per heavy atom. The summed E-state index contributed by atoms with van der Waals surface area (Å²) in [6.07, 6.45) is 2.50. The molecule has 0 bridgehead atoms. The van der Waals surface area contributed by atoms with Gasteiger partial charge in [-0.25, -0.2) is 4.79 Å². The topological polar surface area (TPSA) is 75.6 Å². The number of carboxylic acid groups (broad SMARTS) is 1. The largest absolute Gasteiger partial charge is 0.478 e. The number of carbonyl (C=O) groups is 2. The minimum absolute atomic E-state index is 0.00409. The Morgan fingerprint density at radius 3 is 2.79 bits per heavy atom. The summed E-state index contributed by atoms with van der Waals surface area (Å²) in [6.45, 7) is 3.70. The van der Waals surface area contributed by atoms with Crippen LogP contribution < -0.4 is 5.32 Å². The lowest BCUT2D eigenvalue weighted by molar-refractivity contribution is -0.131. The Balaban J connectivity index is 2.61. The van der Waals surface area contributed by atoms with E-state index in [4.69, 9.17) is 9.84 Å². The second-order valence-corrected chi connectivity index (χ2v) is 4.20. The van der Waals surface area contributed by atoms with E-state index >= 15 is 0 Å². The van der Waals surface area contributed by atoms with Crippen molar-refractivity contribution in [2.75, 3.05) is 11.9 Å². The van der Waals surface area contributed by atoms with Crippen LogP contribution >= 0.6 is 0 Å². The van der Waals surface area contributed by atoms with Crippen LogP contribution in [0.2, 0.25) is 0 Å². The van der Waals surface area contributed by atoms with Gasteiger partial charge in [-0.3, -0.25) is 4.79 Å². The van der Waals surface area contributed by atoms with Gasteiger partial charge in [0.15, 0.2) is 0 Å². The quantitative estimate of drug-likeness (QED) is 0.771. The molecule has 0 fully saturated rings. The average molecular weight is 263 g/mol. The summed E-state index contributed by atoms with van der Waals surface area (Å²) in [5.74, 6) is -1.26. The van der Waals surface area contributed by atoms with Crippen LogP contribution in [0.3, 0.4) is 0 Å². The summed E-state index contributed by atoms with van der Waals surface area (Å²) < 4.78 is 5.18. The molecule has 0 aliphatic carbocycles. The van der Waals surface area contributed by atoms with Crippen LogP contribution in [0.4, 0.5) is 5.69 Å². The van der Waals surface area contributed by atoms with Crippen molar-refractivity contribution in [2.24, 2.45) is 0 Å². The number of hydrogen-bond donors (Lipinski definition) is 2. The second-order valence-electron chi connectivity index (χ2n) is 4.20. The van der Waals surface area contributed by atoms with Crippen molar-refractivity contribution in [1.29, 1.82) is 0 Å². The van der Waals surface area contributed by atoms with Gasteiger partial charge in [0.2, 0.25) is 5.91 Å². The van der Waals surface area contributed by atoms with Crippen LogP contribution in [0.1, 0.15) is 19.4 Å². The van der Waals surface area contributed by atoms with E-state index in [2.05, 4.69) is 5.32 Å². The number of hydrogen-bond acceptors (Lipinski definition) is 3. The summed E-state index contributed by atoms with van der Waals surface area (Å²) in [5, 5.41) is 11.2. The molecule has 0 radical (unpaired) electrons. The van der Waals surface area contributed by atoms with E-state index in [1.807, 2.05) is 13.8 Å². The SMILES string of the molecule is CC(C)OCC(=O)Nc1cccc(/C=C/C(=O)O)c1. The first kappa shape index (κ1) is 14.9. The lowest BCUT2D eigenvalue weighted by atomic mass is 10.2. The predicted molar refractivity (Wildman–Crippen MR) is 72.8 cm³/mol. The van der Waals surface area contributed by atoms with Gasteiger partial charge >= 0.3 is 5.97 Å². The highest BCUT2D eigenvalue weighted by Gasteiger charge is 2.04. The molecule has 2 N–H and O–H groups in total. The molecule has 0 aliphatic rings. The molecule has 1 amide bonds. The normalized spacial score (nSPS) is 10.9. The fourth-order valence-electron chi connectivity index (χ4n) is 1.33. The maximum absolute atomic E-state index is 11.5. The highest BCUT2D eigenvalue weighted by molar-refractivity contribution is 5.92. The zero-order valence-corrected chi connectivity index (χ0v) is 10.9. The maximum atomic E-state index is 11.5. The molecule has 0 heterocycles. The molecule has 0 aliphatic heterocycles. The number of ether oxygens (including phenoxy) is 1. The molecule has 0 atom stereocenters. The molecule has 0 saturated carbocycles. The highest BCUT2D eigenvalue weighted by Crippen LogP contribution is 2.12. The van der Waals surface area contributed by atoms with Crippen LogP contribution in [0.25, 0.3) is 6.08 Å². The van der Waals surface area contributed by atoms with E-state index in [0.717, 1.165) is 6.08 Å². The van der Waals surface area contributed by atoms with E-state index in [9.17, 15) is 9.59 Å². The van der Waals surface area contributed by atoms with Crippen molar-refractivity contribution >= 4 is 23.6 Å². The molecule has 1 rings (SSSR count). The Morgan fingerprint density at radius 1 is 1.42 bits per heavy atom. The molecule has 0 saturated heterocycles. The molecule has 0 aromatic heterocycles. The monoisotopic (exact) mass is 263 g/mol. The highest BCUT2D eigenvalue weighted by atomic mass is 16.5. The van der Waals surface area contributed by atoms with Crippen molar-refractivity contribution in [3.05, 3.63) is 35.9 Å².